The summed E-state index contributed by atoms with van der Waals surface area (Å²) in [4.78, 5) is 2.23. The van der Waals surface area contributed by atoms with Gasteiger partial charge in [-0.2, -0.15) is 0 Å². The van der Waals surface area contributed by atoms with Crippen LogP contribution in [0, 0.1) is 0 Å². The predicted octanol–water partition coefficient (Wildman–Crippen LogP) is 3.78. The molecule has 0 amide bonds. The summed E-state index contributed by atoms with van der Waals surface area (Å²) in [5.74, 6) is 0. The number of alkyl halides is 1. The number of nitrogens with zero attached hydrogens (tertiary/aromatic N) is 1. The minimum absolute atomic E-state index is 0.465. The molecule has 1 fully saturated rings. The summed E-state index contributed by atoms with van der Waals surface area (Å²) >= 11 is 0. The molecule has 122 valence electrons. The molecule has 1 heterocycles. The highest BCUT2D eigenvalue weighted by molar-refractivity contribution is 5.17. The van der Waals surface area contributed by atoms with Crippen molar-refractivity contribution in [1.82, 2.24) is 10.2 Å². The molecular weight excluding hydrogens is 287 g/mol. The summed E-state index contributed by atoms with van der Waals surface area (Å²) in [6.45, 7) is 3.43. The van der Waals surface area contributed by atoms with Gasteiger partial charge in [0.15, 0.2) is 0 Å². The van der Waals surface area contributed by atoms with Gasteiger partial charge in [0.25, 0.3) is 0 Å². The summed E-state index contributed by atoms with van der Waals surface area (Å²) in [5.41, 5.74) is 1.34. The Kier molecular flexibility index (Phi) is 5.42. The number of halogens is 1. The third kappa shape index (κ3) is 4.88. The quantitative estimate of drug-likeness (QED) is 0.873. The van der Waals surface area contributed by atoms with Crippen LogP contribution in [0.2, 0.25) is 0 Å². The molecule has 0 spiro atoms. The monoisotopic (exact) mass is 312 g/mol. The van der Waals surface area contributed by atoms with Gasteiger partial charge in [0, 0.05) is 26.2 Å². The fourth-order valence-corrected chi connectivity index (χ4v) is 3.32. The number of nitrogens with one attached hydrogen (secondary N) is 1. The van der Waals surface area contributed by atoms with Crippen molar-refractivity contribution < 1.29 is 4.39 Å². The maximum Gasteiger partial charge on any atom is 0.136 e. The van der Waals surface area contributed by atoms with Crippen LogP contribution in [-0.2, 0) is 13.1 Å². The van der Waals surface area contributed by atoms with Crippen LogP contribution in [0.15, 0.2) is 60.7 Å². The summed E-state index contributed by atoms with van der Waals surface area (Å²) in [5, 5.41) is 3.21. The van der Waals surface area contributed by atoms with Crippen molar-refractivity contribution in [2.75, 3.05) is 19.6 Å². The van der Waals surface area contributed by atoms with Gasteiger partial charge in [0.2, 0.25) is 0 Å². The van der Waals surface area contributed by atoms with Gasteiger partial charge in [0.05, 0.1) is 0 Å². The molecule has 2 aromatic carbocycles. The van der Waals surface area contributed by atoms with E-state index in [1.165, 1.54) is 11.1 Å². The fraction of sp³-hybridized carbons (Fsp3) is 0.400. The van der Waals surface area contributed by atoms with E-state index in [1.807, 2.05) is 36.4 Å². The van der Waals surface area contributed by atoms with Gasteiger partial charge >= 0.3 is 0 Å². The van der Waals surface area contributed by atoms with Crippen LogP contribution in [0.5, 0.6) is 0 Å². The third-order valence-corrected chi connectivity index (χ3v) is 4.43. The van der Waals surface area contributed by atoms with Crippen LogP contribution < -0.4 is 5.32 Å². The van der Waals surface area contributed by atoms with Gasteiger partial charge in [0.1, 0.15) is 5.67 Å². The molecule has 1 atom stereocenters. The molecule has 23 heavy (non-hydrogen) atoms. The molecule has 0 radical (unpaired) electrons. The molecule has 2 aromatic rings. The highest BCUT2D eigenvalue weighted by atomic mass is 19.1. The first-order valence-corrected chi connectivity index (χ1v) is 8.43. The van der Waals surface area contributed by atoms with Crippen molar-refractivity contribution in [2.45, 2.75) is 31.6 Å². The Morgan fingerprint density at radius 1 is 0.913 bits per heavy atom. The zero-order valence-corrected chi connectivity index (χ0v) is 13.5. The van der Waals surface area contributed by atoms with Crippen LogP contribution in [0.3, 0.4) is 0 Å². The standard InChI is InChI=1S/C20H25FN2/c21-20(12-7-13-22-16-20)17-23(14-18-8-3-1-4-9-18)15-19-10-5-2-6-11-19/h1-6,8-11,22H,7,12-17H2. The Balaban J connectivity index is 1.72. The summed E-state index contributed by atoms with van der Waals surface area (Å²) in [7, 11) is 0. The van der Waals surface area contributed by atoms with Crippen molar-refractivity contribution in [3.63, 3.8) is 0 Å². The number of hydrogen-bond donors (Lipinski definition) is 1. The maximum atomic E-state index is 15.1. The van der Waals surface area contributed by atoms with Crippen LogP contribution in [0.25, 0.3) is 0 Å². The first-order chi connectivity index (χ1) is 11.2. The Morgan fingerprint density at radius 3 is 1.96 bits per heavy atom. The van der Waals surface area contributed by atoms with Crippen LogP contribution in [0.1, 0.15) is 24.0 Å². The molecule has 0 aliphatic carbocycles. The van der Waals surface area contributed by atoms with Crippen LogP contribution >= 0.6 is 0 Å². The van der Waals surface area contributed by atoms with Crippen molar-refractivity contribution >= 4 is 0 Å². The van der Waals surface area contributed by atoms with E-state index in [-0.39, 0.29) is 0 Å². The van der Waals surface area contributed by atoms with Crippen LogP contribution in [0.4, 0.5) is 4.39 Å². The fourth-order valence-electron chi connectivity index (χ4n) is 3.32. The van der Waals surface area contributed by atoms with Gasteiger partial charge < -0.3 is 5.32 Å². The minimum Gasteiger partial charge on any atom is -0.313 e. The normalized spacial score (nSPS) is 21.5. The first kappa shape index (κ1) is 16.2. The second-order valence-electron chi connectivity index (χ2n) is 6.55. The number of piperidine rings is 1. The average Bonchev–Trinajstić information content (AvgIpc) is 2.57. The second kappa shape index (κ2) is 7.71. The zero-order chi connectivity index (χ0) is 16.0. The minimum atomic E-state index is -1.12. The lowest BCUT2D eigenvalue weighted by atomic mass is 9.95. The molecule has 3 heteroatoms. The van der Waals surface area contributed by atoms with Gasteiger partial charge in [-0.1, -0.05) is 60.7 Å². The summed E-state index contributed by atoms with van der Waals surface area (Å²) < 4.78 is 15.1. The van der Waals surface area contributed by atoms with E-state index >= 15 is 4.39 Å². The molecule has 0 bridgehead atoms. The molecule has 3 rings (SSSR count). The van der Waals surface area contributed by atoms with Crippen molar-refractivity contribution in [3.05, 3.63) is 71.8 Å². The summed E-state index contributed by atoms with van der Waals surface area (Å²) in [6.07, 6.45) is 1.57. The molecule has 1 N–H and O–H groups in total. The smallest absolute Gasteiger partial charge is 0.136 e. The lowest BCUT2D eigenvalue weighted by molar-refractivity contribution is 0.0599. The Bertz CT molecular complexity index is 538. The predicted molar refractivity (Wildman–Crippen MR) is 92.9 cm³/mol. The third-order valence-electron chi connectivity index (χ3n) is 4.43. The Hall–Kier alpha value is -1.71. The largest absolute Gasteiger partial charge is 0.313 e. The van der Waals surface area contributed by atoms with Crippen molar-refractivity contribution in [2.24, 2.45) is 0 Å². The van der Waals surface area contributed by atoms with E-state index in [1.54, 1.807) is 0 Å². The molecule has 1 aliphatic rings. The molecule has 0 aromatic heterocycles. The summed E-state index contributed by atoms with van der Waals surface area (Å²) in [6, 6.07) is 20.7. The van der Waals surface area contributed by atoms with E-state index in [9.17, 15) is 0 Å². The number of benzene rings is 2. The lowest BCUT2D eigenvalue weighted by Crippen LogP contribution is -2.49. The van der Waals surface area contributed by atoms with E-state index in [2.05, 4.69) is 34.5 Å². The molecule has 1 saturated heterocycles. The van der Waals surface area contributed by atoms with Gasteiger partial charge in [-0.05, 0) is 30.5 Å². The molecule has 1 aliphatic heterocycles. The molecule has 2 nitrogen and oxygen atoms in total. The van der Waals surface area contributed by atoms with Crippen molar-refractivity contribution in [3.8, 4) is 0 Å². The lowest BCUT2D eigenvalue weighted by Gasteiger charge is -2.35. The first-order valence-electron chi connectivity index (χ1n) is 8.43. The zero-order valence-electron chi connectivity index (χ0n) is 13.5. The van der Waals surface area contributed by atoms with Gasteiger partial charge in [-0.3, -0.25) is 4.90 Å². The highest BCUT2D eigenvalue weighted by Gasteiger charge is 2.33. The maximum absolute atomic E-state index is 15.1. The molecule has 1 unspecified atom stereocenters. The van der Waals surface area contributed by atoms with E-state index in [4.69, 9.17) is 0 Å². The van der Waals surface area contributed by atoms with Gasteiger partial charge in [-0.15, -0.1) is 0 Å². The van der Waals surface area contributed by atoms with E-state index in [0.29, 0.717) is 19.5 Å². The second-order valence-corrected chi connectivity index (χ2v) is 6.55. The van der Waals surface area contributed by atoms with Crippen LogP contribution in [-0.4, -0.2) is 30.2 Å². The molecular formula is C20H25FN2. The highest BCUT2D eigenvalue weighted by Crippen LogP contribution is 2.24. The van der Waals surface area contributed by atoms with Gasteiger partial charge in [-0.25, -0.2) is 4.39 Å². The Labute approximate surface area is 138 Å². The SMILES string of the molecule is FC1(CN(Cc2ccccc2)Cc2ccccc2)CCCNC1. The Morgan fingerprint density at radius 2 is 1.48 bits per heavy atom. The number of hydrogen-bond acceptors (Lipinski definition) is 2. The van der Waals surface area contributed by atoms with E-state index in [0.717, 1.165) is 26.1 Å². The number of rotatable bonds is 6. The average molecular weight is 312 g/mol. The topological polar surface area (TPSA) is 15.3 Å². The van der Waals surface area contributed by atoms with Crippen molar-refractivity contribution in [1.29, 1.82) is 0 Å². The van der Waals surface area contributed by atoms with E-state index < -0.39 is 5.67 Å². The molecule has 0 saturated carbocycles.